The van der Waals surface area contributed by atoms with Crippen LogP contribution in [0.15, 0.2) is 109 Å². The van der Waals surface area contributed by atoms with Crippen LogP contribution < -0.4 is 0 Å². The summed E-state index contributed by atoms with van der Waals surface area (Å²) in [7, 11) is 0. The number of hydrogen-bond donors (Lipinski definition) is 2. The molecule has 0 fully saturated rings. The molecule has 0 aliphatic heterocycles. The molecule has 0 aliphatic carbocycles. The number of aromatic hydroxyl groups is 2. The van der Waals surface area contributed by atoms with Crippen molar-refractivity contribution in [3.05, 3.63) is 129 Å². The Hall–Kier alpha value is -3.75. The fourth-order valence-corrected chi connectivity index (χ4v) is 1.88. The summed E-state index contributed by atoms with van der Waals surface area (Å²) in [6.07, 6.45) is 0. The first-order valence-electron chi connectivity index (χ1n) is 8.61. The molecule has 9 heteroatoms. The van der Waals surface area contributed by atoms with Crippen molar-refractivity contribution in [1.82, 2.24) is 0 Å². The molecule has 0 unspecified atom stereocenters. The van der Waals surface area contributed by atoms with E-state index in [2.05, 4.69) is 0 Å². The summed E-state index contributed by atoms with van der Waals surface area (Å²) in [6, 6.07) is 31.1. The van der Waals surface area contributed by atoms with Crippen LogP contribution in [0, 0.1) is 20.2 Å². The first-order chi connectivity index (χ1) is 14.4. The normalized spacial score (nSPS) is 8.52. The van der Waals surface area contributed by atoms with Gasteiger partial charge in [0, 0.05) is 12.1 Å². The first-order valence-corrected chi connectivity index (χ1v) is 8.61. The minimum atomic E-state index is -0.630. The number of para-hydroxylation sites is 4. The Morgan fingerprint density at radius 3 is 1.03 bits per heavy atom. The molecule has 4 aromatic carbocycles. The Morgan fingerprint density at radius 1 is 0.581 bits per heavy atom. The van der Waals surface area contributed by atoms with E-state index >= 15 is 0 Å². The molecule has 2 N–H and O–H groups in total. The third-order valence-electron chi connectivity index (χ3n) is 3.27. The van der Waals surface area contributed by atoms with Gasteiger partial charge in [-0.25, -0.2) is 24.3 Å². The van der Waals surface area contributed by atoms with Gasteiger partial charge in [0.05, 0.1) is 9.85 Å². The minimum Gasteiger partial charge on any atom is -0.502 e. The van der Waals surface area contributed by atoms with Crippen molar-refractivity contribution < 1.29 is 41.8 Å². The molecule has 0 aliphatic rings. The number of nitro benzene ring substituents is 2. The average Bonchev–Trinajstić information content (AvgIpc) is 3.47. The molecule has 0 spiro atoms. The topological polar surface area (TPSA) is 127 Å². The monoisotopic (exact) mass is 456 g/mol. The molecule has 0 heterocycles. The van der Waals surface area contributed by atoms with Crippen LogP contribution in [-0.4, -0.2) is 20.1 Å². The van der Waals surface area contributed by atoms with E-state index in [0.717, 1.165) is 0 Å². The summed E-state index contributed by atoms with van der Waals surface area (Å²) >= 11 is 0. The van der Waals surface area contributed by atoms with E-state index in [0.29, 0.717) is 0 Å². The number of rotatable bonds is 2. The van der Waals surface area contributed by atoms with E-state index in [1.165, 1.54) is 48.5 Å². The number of phenolic OH excluding ortho intramolecular Hbond substituents is 2. The van der Waals surface area contributed by atoms with Crippen molar-refractivity contribution in [1.29, 1.82) is 0 Å². The van der Waals surface area contributed by atoms with Crippen molar-refractivity contribution in [2.24, 2.45) is 0 Å². The molecule has 0 amide bonds. The Labute approximate surface area is 193 Å². The zero-order valence-corrected chi connectivity index (χ0v) is 17.9. The molecule has 4 aromatic rings. The maximum Gasteiger partial charge on any atom is 2.00 e. The smallest absolute Gasteiger partial charge is 0.502 e. The van der Waals surface area contributed by atoms with E-state index in [1.54, 1.807) is 0 Å². The molecular weight excluding hydrogens is 436 g/mol. The van der Waals surface area contributed by atoms with Gasteiger partial charge >= 0.3 is 33.1 Å². The second-order valence-electron chi connectivity index (χ2n) is 5.42. The second-order valence-corrected chi connectivity index (χ2v) is 5.42. The number of phenols is 2. The van der Waals surface area contributed by atoms with E-state index in [1.807, 2.05) is 60.7 Å². The van der Waals surface area contributed by atoms with Crippen LogP contribution in [0.1, 0.15) is 0 Å². The van der Waals surface area contributed by atoms with Crippen LogP contribution in [0.2, 0.25) is 0 Å². The molecule has 8 nitrogen and oxygen atoms in total. The average molecular weight is 456 g/mol. The van der Waals surface area contributed by atoms with Crippen LogP contribution in [-0.2, 0) is 21.7 Å². The fraction of sp³-hybridized carbons (Fsp3) is 0. The van der Waals surface area contributed by atoms with E-state index in [4.69, 9.17) is 10.2 Å². The van der Waals surface area contributed by atoms with Crippen LogP contribution in [0.25, 0.3) is 0 Å². The molecule has 0 saturated heterocycles. The van der Waals surface area contributed by atoms with Gasteiger partial charge in [-0.15, -0.1) is 0 Å². The third kappa shape index (κ3) is 11.8. The van der Waals surface area contributed by atoms with Gasteiger partial charge < -0.3 is 10.2 Å². The zero-order chi connectivity index (χ0) is 22.2. The van der Waals surface area contributed by atoms with Crippen molar-refractivity contribution >= 4 is 11.4 Å². The van der Waals surface area contributed by atoms with E-state index < -0.39 is 9.85 Å². The SMILES string of the molecule is O=[N+]([O-])c1ccccc1O.O=[N+]([O-])c1ccccc1O.[Ti+2].c1cc[cH-]c1.c1cc[cH-]c1. The summed E-state index contributed by atoms with van der Waals surface area (Å²) in [4.78, 5) is 18.9. The van der Waals surface area contributed by atoms with Gasteiger partial charge in [0.15, 0.2) is 11.5 Å². The van der Waals surface area contributed by atoms with Gasteiger partial charge in [-0.3, -0.25) is 20.2 Å². The van der Waals surface area contributed by atoms with E-state index in [9.17, 15) is 20.2 Å². The molecular formula is C22H20N2O6Ti. The summed E-state index contributed by atoms with van der Waals surface area (Å²) in [5.41, 5.74) is -0.523. The summed E-state index contributed by atoms with van der Waals surface area (Å²) in [5.74, 6) is -0.597. The fourth-order valence-electron chi connectivity index (χ4n) is 1.88. The Balaban J connectivity index is 0.000000401. The van der Waals surface area contributed by atoms with Crippen LogP contribution in [0.4, 0.5) is 11.4 Å². The standard InChI is InChI=1S/2C6H5NO3.2C5H5.Ti/c2*8-6-4-2-1-3-5(6)7(9)10;2*1-2-4-5-3-1;/h2*1-4,8H;2*1-5H;/q;;2*-1;+2. The molecule has 0 bridgehead atoms. The van der Waals surface area contributed by atoms with Gasteiger partial charge in [-0.2, -0.15) is 36.4 Å². The number of benzene rings is 2. The van der Waals surface area contributed by atoms with Crippen molar-refractivity contribution in [2.45, 2.75) is 0 Å². The second kappa shape index (κ2) is 16.1. The largest absolute Gasteiger partial charge is 2.00 e. The van der Waals surface area contributed by atoms with Crippen LogP contribution >= 0.6 is 0 Å². The molecule has 4 rings (SSSR count). The Kier molecular flexibility index (Phi) is 14.2. The predicted molar refractivity (Wildman–Crippen MR) is 114 cm³/mol. The maximum atomic E-state index is 10.1. The zero-order valence-electron chi connectivity index (χ0n) is 16.3. The van der Waals surface area contributed by atoms with Gasteiger partial charge in [-0.1, -0.05) is 24.3 Å². The van der Waals surface area contributed by atoms with Gasteiger partial charge in [0.25, 0.3) is 0 Å². The maximum absolute atomic E-state index is 10.1. The van der Waals surface area contributed by atoms with Crippen molar-refractivity contribution in [3.8, 4) is 11.5 Å². The number of nitro groups is 2. The van der Waals surface area contributed by atoms with Gasteiger partial charge in [0.1, 0.15) is 0 Å². The first kappa shape index (κ1) is 27.3. The molecule has 0 radical (unpaired) electrons. The molecule has 158 valence electrons. The molecule has 31 heavy (non-hydrogen) atoms. The molecule has 0 saturated carbocycles. The quantitative estimate of drug-likeness (QED) is 0.180. The molecule has 0 atom stereocenters. The van der Waals surface area contributed by atoms with Crippen molar-refractivity contribution in [3.63, 3.8) is 0 Å². The van der Waals surface area contributed by atoms with Crippen LogP contribution in [0.3, 0.4) is 0 Å². The Bertz CT molecular complexity index is 873. The Morgan fingerprint density at radius 2 is 0.871 bits per heavy atom. The van der Waals surface area contributed by atoms with E-state index in [-0.39, 0.29) is 44.6 Å². The van der Waals surface area contributed by atoms with Crippen LogP contribution in [0.5, 0.6) is 11.5 Å². The number of nitrogens with zero attached hydrogens (tertiary/aromatic N) is 2. The summed E-state index contributed by atoms with van der Waals surface area (Å²) < 4.78 is 0. The van der Waals surface area contributed by atoms with Gasteiger partial charge in [0.2, 0.25) is 0 Å². The number of hydrogen-bond acceptors (Lipinski definition) is 6. The predicted octanol–water partition coefficient (Wildman–Crippen LogP) is 5.41. The molecule has 0 aromatic heterocycles. The third-order valence-corrected chi connectivity index (χ3v) is 3.27. The summed E-state index contributed by atoms with van der Waals surface area (Å²) in [5, 5.41) is 37.8. The van der Waals surface area contributed by atoms with Crippen molar-refractivity contribution in [2.75, 3.05) is 0 Å². The summed E-state index contributed by atoms with van der Waals surface area (Å²) in [6.45, 7) is 0. The minimum absolute atomic E-state index is 0. The van der Waals surface area contributed by atoms with Gasteiger partial charge in [-0.05, 0) is 12.1 Å².